The third-order valence-corrected chi connectivity index (χ3v) is 3.07. The van der Waals surface area contributed by atoms with E-state index >= 15 is 0 Å². The van der Waals surface area contributed by atoms with E-state index in [1.807, 2.05) is 34.6 Å². The summed E-state index contributed by atoms with van der Waals surface area (Å²) in [5.41, 5.74) is -0.147. The van der Waals surface area contributed by atoms with Crippen LogP contribution in [0.1, 0.15) is 55.3 Å². The molecule has 110 valence electrons. The fraction of sp³-hybridized carbons (Fsp3) is 0.500. The van der Waals surface area contributed by atoms with Crippen LogP contribution in [0.5, 0.6) is 0 Å². The molecule has 1 atom stereocenters. The third kappa shape index (κ3) is 3.83. The van der Waals surface area contributed by atoms with Gasteiger partial charge in [0.15, 0.2) is 0 Å². The molecule has 0 fully saturated rings. The summed E-state index contributed by atoms with van der Waals surface area (Å²) >= 11 is 0. The summed E-state index contributed by atoms with van der Waals surface area (Å²) < 4.78 is 5.55. The van der Waals surface area contributed by atoms with Gasteiger partial charge in [-0.1, -0.05) is 46.8 Å². The van der Waals surface area contributed by atoms with E-state index in [1.54, 1.807) is 12.1 Å². The zero-order chi connectivity index (χ0) is 15.5. The van der Waals surface area contributed by atoms with Gasteiger partial charge in [0.2, 0.25) is 0 Å². The fourth-order valence-electron chi connectivity index (χ4n) is 2.34. The molecule has 0 saturated carbocycles. The van der Waals surface area contributed by atoms with Gasteiger partial charge in [-0.25, -0.2) is 9.59 Å². The summed E-state index contributed by atoms with van der Waals surface area (Å²) in [6, 6.07) is 6.10. The van der Waals surface area contributed by atoms with E-state index in [4.69, 9.17) is 9.84 Å². The predicted octanol–water partition coefficient (Wildman–Crippen LogP) is 3.61. The lowest BCUT2D eigenvalue weighted by Crippen LogP contribution is -2.36. The highest BCUT2D eigenvalue weighted by atomic mass is 16.5. The number of hydrogen-bond donors (Lipinski definition) is 1. The summed E-state index contributed by atoms with van der Waals surface area (Å²) in [5.74, 6) is -1.57. The van der Waals surface area contributed by atoms with Gasteiger partial charge in [0.1, 0.15) is 6.10 Å². The van der Waals surface area contributed by atoms with Gasteiger partial charge in [-0.3, -0.25) is 0 Å². The molecule has 0 spiro atoms. The monoisotopic (exact) mass is 278 g/mol. The van der Waals surface area contributed by atoms with Crippen molar-refractivity contribution in [1.82, 2.24) is 0 Å². The van der Waals surface area contributed by atoms with Crippen molar-refractivity contribution in [3.05, 3.63) is 35.4 Å². The Morgan fingerprint density at radius 1 is 1.10 bits per heavy atom. The first kappa shape index (κ1) is 16.2. The minimum atomic E-state index is -1.13. The second-order valence-corrected chi connectivity index (χ2v) is 6.29. The number of benzene rings is 1. The smallest absolute Gasteiger partial charge is 0.339 e. The molecule has 0 aliphatic carbocycles. The Labute approximate surface area is 119 Å². The molecule has 1 aromatic carbocycles. The predicted molar refractivity (Wildman–Crippen MR) is 76.9 cm³/mol. The fourth-order valence-corrected chi connectivity index (χ4v) is 2.34. The van der Waals surface area contributed by atoms with Gasteiger partial charge in [0, 0.05) is 0 Å². The summed E-state index contributed by atoms with van der Waals surface area (Å²) in [5, 5.41) is 9.11. The van der Waals surface area contributed by atoms with E-state index in [0.29, 0.717) is 0 Å². The molecular weight excluding hydrogens is 256 g/mol. The van der Waals surface area contributed by atoms with Crippen molar-refractivity contribution in [2.75, 3.05) is 0 Å². The molecule has 1 rings (SSSR count). The van der Waals surface area contributed by atoms with Crippen molar-refractivity contribution in [1.29, 1.82) is 0 Å². The van der Waals surface area contributed by atoms with Crippen LogP contribution in [0.25, 0.3) is 0 Å². The quantitative estimate of drug-likeness (QED) is 0.854. The van der Waals surface area contributed by atoms with Crippen LogP contribution in [0.15, 0.2) is 24.3 Å². The summed E-state index contributed by atoms with van der Waals surface area (Å²) in [6.45, 7) is 9.94. The van der Waals surface area contributed by atoms with Crippen LogP contribution in [0, 0.1) is 11.3 Å². The van der Waals surface area contributed by atoms with Crippen LogP contribution in [0.4, 0.5) is 0 Å². The van der Waals surface area contributed by atoms with Gasteiger partial charge in [-0.2, -0.15) is 0 Å². The number of carbonyl (C=O) groups is 2. The minimum absolute atomic E-state index is 0.0334. The Hall–Kier alpha value is -1.84. The van der Waals surface area contributed by atoms with Gasteiger partial charge in [0.25, 0.3) is 0 Å². The molecule has 0 amide bonds. The van der Waals surface area contributed by atoms with E-state index in [-0.39, 0.29) is 28.6 Å². The molecular formula is C16H22O4. The molecule has 1 aromatic rings. The van der Waals surface area contributed by atoms with Crippen molar-refractivity contribution in [3.63, 3.8) is 0 Å². The van der Waals surface area contributed by atoms with Gasteiger partial charge >= 0.3 is 11.9 Å². The number of rotatable bonds is 4. The lowest BCUT2D eigenvalue weighted by Gasteiger charge is -2.33. The molecule has 1 N–H and O–H groups in total. The van der Waals surface area contributed by atoms with Gasteiger partial charge < -0.3 is 9.84 Å². The molecule has 0 aliphatic rings. The SMILES string of the molecule is CC(C)[C@H](OC(=O)c1ccccc1C(=O)O)C(C)(C)C. The van der Waals surface area contributed by atoms with Gasteiger partial charge in [0.05, 0.1) is 11.1 Å². The van der Waals surface area contributed by atoms with Gasteiger partial charge in [-0.05, 0) is 23.5 Å². The topological polar surface area (TPSA) is 63.6 Å². The van der Waals surface area contributed by atoms with Crippen LogP contribution in [-0.2, 0) is 4.74 Å². The average molecular weight is 278 g/mol. The maximum absolute atomic E-state index is 12.2. The number of ether oxygens (including phenoxy) is 1. The van der Waals surface area contributed by atoms with Gasteiger partial charge in [-0.15, -0.1) is 0 Å². The van der Waals surface area contributed by atoms with Crippen LogP contribution >= 0.6 is 0 Å². The number of carboxylic acids is 1. The highest BCUT2D eigenvalue weighted by molar-refractivity contribution is 6.02. The molecule has 0 radical (unpaired) electrons. The van der Waals surface area contributed by atoms with Crippen LogP contribution in [-0.4, -0.2) is 23.1 Å². The highest BCUT2D eigenvalue weighted by Gasteiger charge is 2.32. The number of esters is 1. The normalized spacial score (nSPS) is 13.1. The summed E-state index contributed by atoms with van der Waals surface area (Å²) in [7, 11) is 0. The Morgan fingerprint density at radius 2 is 1.60 bits per heavy atom. The van der Waals surface area contributed by atoms with E-state index in [2.05, 4.69) is 0 Å². The lowest BCUT2D eigenvalue weighted by molar-refractivity contribution is -0.0224. The number of carbonyl (C=O) groups excluding carboxylic acids is 1. The van der Waals surface area contributed by atoms with Crippen LogP contribution in [0.3, 0.4) is 0 Å². The first-order valence-corrected chi connectivity index (χ1v) is 6.68. The van der Waals surface area contributed by atoms with Crippen molar-refractivity contribution < 1.29 is 19.4 Å². The Morgan fingerprint density at radius 3 is 2.00 bits per heavy atom. The Kier molecular flexibility index (Phi) is 4.93. The molecule has 0 aliphatic heterocycles. The molecule has 0 aromatic heterocycles. The Balaban J connectivity index is 3.05. The summed E-state index contributed by atoms with van der Waals surface area (Å²) in [4.78, 5) is 23.4. The average Bonchev–Trinajstić information content (AvgIpc) is 2.33. The second kappa shape index (κ2) is 6.07. The third-order valence-electron chi connectivity index (χ3n) is 3.07. The molecule has 20 heavy (non-hydrogen) atoms. The zero-order valence-electron chi connectivity index (χ0n) is 12.6. The molecule has 4 heteroatoms. The lowest BCUT2D eigenvalue weighted by atomic mass is 9.82. The second-order valence-electron chi connectivity index (χ2n) is 6.29. The largest absolute Gasteiger partial charge is 0.478 e. The first-order chi connectivity index (χ1) is 9.14. The van der Waals surface area contributed by atoms with E-state index in [0.717, 1.165) is 0 Å². The zero-order valence-corrected chi connectivity index (χ0v) is 12.6. The molecule has 0 bridgehead atoms. The van der Waals surface area contributed by atoms with Crippen molar-refractivity contribution in [3.8, 4) is 0 Å². The number of hydrogen-bond acceptors (Lipinski definition) is 3. The standard InChI is InChI=1S/C16H22O4/c1-10(2)13(16(3,4)5)20-15(19)12-9-7-6-8-11(12)14(17)18/h6-10,13H,1-5H3,(H,17,18)/t13-/m0/s1. The van der Waals surface area contributed by atoms with E-state index in [9.17, 15) is 9.59 Å². The van der Waals surface area contributed by atoms with Crippen molar-refractivity contribution >= 4 is 11.9 Å². The molecule has 4 nitrogen and oxygen atoms in total. The van der Waals surface area contributed by atoms with E-state index in [1.165, 1.54) is 12.1 Å². The maximum Gasteiger partial charge on any atom is 0.339 e. The summed E-state index contributed by atoms with van der Waals surface area (Å²) in [6.07, 6.45) is -0.281. The first-order valence-electron chi connectivity index (χ1n) is 6.68. The van der Waals surface area contributed by atoms with Crippen LogP contribution in [0.2, 0.25) is 0 Å². The maximum atomic E-state index is 12.2. The van der Waals surface area contributed by atoms with Crippen molar-refractivity contribution in [2.24, 2.45) is 11.3 Å². The van der Waals surface area contributed by atoms with E-state index < -0.39 is 11.9 Å². The van der Waals surface area contributed by atoms with Crippen molar-refractivity contribution in [2.45, 2.75) is 40.7 Å². The molecule has 0 saturated heterocycles. The number of carboxylic acid groups (broad SMARTS) is 1. The highest BCUT2D eigenvalue weighted by Crippen LogP contribution is 2.29. The molecule has 0 unspecified atom stereocenters. The minimum Gasteiger partial charge on any atom is -0.478 e. The number of aromatic carboxylic acids is 1. The molecule has 0 heterocycles. The van der Waals surface area contributed by atoms with Crippen LogP contribution < -0.4 is 0 Å². The Bertz CT molecular complexity index is 497.